The molecular weight excluding hydrogens is 241 g/mol. The van der Waals surface area contributed by atoms with Gasteiger partial charge in [0.2, 0.25) is 0 Å². The van der Waals surface area contributed by atoms with Gasteiger partial charge in [0, 0.05) is 37.8 Å². The van der Waals surface area contributed by atoms with Crippen LogP contribution in [0, 0.1) is 17.5 Å². The van der Waals surface area contributed by atoms with Crippen LogP contribution in [-0.4, -0.2) is 31.1 Å². The molecule has 0 saturated carbocycles. The van der Waals surface area contributed by atoms with E-state index in [-0.39, 0.29) is 5.56 Å². The summed E-state index contributed by atoms with van der Waals surface area (Å²) in [6.07, 6.45) is 0.553. The van der Waals surface area contributed by atoms with Crippen molar-refractivity contribution in [3.63, 3.8) is 0 Å². The van der Waals surface area contributed by atoms with E-state index >= 15 is 0 Å². The summed E-state index contributed by atoms with van der Waals surface area (Å²) in [7, 11) is 0. The normalized spacial score (nSPS) is 18.9. The summed E-state index contributed by atoms with van der Waals surface area (Å²) in [6.45, 7) is 4.86. The fourth-order valence-corrected chi connectivity index (χ4v) is 2.49. The number of nitrogens with zero attached hydrogens (tertiary/aromatic N) is 1. The van der Waals surface area contributed by atoms with Crippen molar-refractivity contribution < 1.29 is 13.2 Å². The first kappa shape index (κ1) is 13.4. The van der Waals surface area contributed by atoms with Crippen molar-refractivity contribution >= 4 is 0 Å². The molecule has 1 aliphatic heterocycles. The van der Waals surface area contributed by atoms with Crippen LogP contribution in [-0.2, 0) is 0 Å². The van der Waals surface area contributed by atoms with E-state index in [1.807, 2.05) is 11.8 Å². The van der Waals surface area contributed by atoms with Gasteiger partial charge in [-0.25, -0.2) is 13.2 Å². The molecule has 0 unspecified atom stereocenters. The predicted molar refractivity (Wildman–Crippen MR) is 63.8 cm³/mol. The zero-order valence-corrected chi connectivity index (χ0v) is 10.3. The number of piperazine rings is 1. The van der Waals surface area contributed by atoms with Gasteiger partial charge in [0.05, 0.1) is 0 Å². The molecule has 1 aliphatic rings. The maximum Gasteiger partial charge on any atom is 0.166 e. The molecule has 1 saturated heterocycles. The minimum absolute atomic E-state index is 0.139. The van der Waals surface area contributed by atoms with Crippen LogP contribution in [0.5, 0.6) is 0 Å². The second-order valence-electron chi connectivity index (χ2n) is 4.47. The molecule has 5 heteroatoms. The van der Waals surface area contributed by atoms with Crippen LogP contribution in [0.1, 0.15) is 24.9 Å². The molecule has 1 aromatic rings. The standard InChI is InChI=1S/C13H17F3N2/c1-2-11(18-7-5-17-6-8-18)12-9(14)3-4-10(15)13(12)16/h3-4,11,17H,2,5-8H2,1H3/t11-/m0/s1. The third kappa shape index (κ3) is 2.52. The quantitative estimate of drug-likeness (QED) is 0.838. The molecule has 0 aliphatic carbocycles. The van der Waals surface area contributed by atoms with E-state index in [4.69, 9.17) is 0 Å². The van der Waals surface area contributed by atoms with Crippen molar-refractivity contribution in [2.75, 3.05) is 26.2 Å². The highest BCUT2D eigenvalue weighted by atomic mass is 19.2. The first-order chi connectivity index (χ1) is 8.65. The summed E-state index contributed by atoms with van der Waals surface area (Å²) >= 11 is 0. The van der Waals surface area contributed by atoms with Gasteiger partial charge in [-0.1, -0.05) is 6.92 Å². The van der Waals surface area contributed by atoms with E-state index < -0.39 is 23.5 Å². The van der Waals surface area contributed by atoms with E-state index in [0.29, 0.717) is 19.5 Å². The molecule has 2 nitrogen and oxygen atoms in total. The van der Waals surface area contributed by atoms with Gasteiger partial charge in [-0.3, -0.25) is 4.90 Å². The zero-order chi connectivity index (χ0) is 13.1. The lowest BCUT2D eigenvalue weighted by Crippen LogP contribution is -2.45. The predicted octanol–water partition coefficient (Wildman–Crippen LogP) is 2.46. The molecular formula is C13H17F3N2. The van der Waals surface area contributed by atoms with Gasteiger partial charge < -0.3 is 5.32 Å². The minimum atomic E-state index is -1.06. The third-order valence-electron chi connectivity index (χ3n) is 3.39. The number of nitrogens with one attached hydrogen (secondary N) is 1. The lowest BCUT2D eigenvalue weighted by atomic mass is 10.0. The second kappa shape index (κ2) is 5.71. The van der Waals surface area contributed by atoms with Crippen LogP contribution in [0.2, 0.25) is 0 Å². The highest BCUT2D eigenvalue weighted by Gasteiger charge is 2.27. The van der Waals surface area contributed by atoms with Crippen LogP contribution in [0.4, 0.5) is 13.2 Å². The Kier molecular flexibility index (Phi) is 4.24. The van der Waals surface area contributed by atoms with Crippen molar-refractivity contribution in [2.24, 2.45) is 0 Å². The monoisotopic (exact) mass is 258 g/mol. The molecule has 1 heterocycles. The van der Waals surface area contributed by atoms with Crippen molar-refractivity contribution in [3.8, 4) is 0 Å². The Bertz CT molecular complexity index is 417. The third-order valence-corrected chi connectivity index (χ3v) is 3.39. The van der Waals surface area contributed by atoms with E-state index in [2.05, 4.69) is 5.32 Å². The number of hydrogen-bond donors (Lipinski definition) is 1. The summed E-state index contributed by atoms with van der Waals surface area (Å²) in [5.74, 6) is -2.71. The molecule has 0 aromatic heterocycles. The molecule has 0 spiro atoms. The van der Waals surface area contributed by atoms with E-state index in [0.717, 1.165) is 25.2 Å². The smallest absolute Gasteiger partial charge is 0.166 e. The molecule has 2 rings (SSSR count). The van der Waals surface area contributed by atoms with Gasteiger partial charge in [-0.05, 0) is 18.6 Å². The van der Waals surface area contributed by atoms with Crippen LogP contribution in [0.3, 0.4) is 0 Å². The number of halogens is 3. The lowest BCUT2D eigenvalue weighted by molar-refractivity contribution is 0.162. The molecule has 18 heavy (non-hydrogen) atoms. The molecule has 0 bridgehead atoms. The van der Waals surface area contributed by atoms with E-state index in [9.17, 15) is 13.2 Å². The van der Waals surface area contributed by atoms with E-state index in [1.54, 1.807) is 0 Å². The maximum atomic E-state index is 13.8. The van der Waals surface area contributed by atoms with Crippen molar-refractivity contribution in [2.45, 2.75) is 19.4 Å². The highest BCUT2D eigenvalue weighted by Crippen LogP contribution is 2.30. The molecule has 1 N–H and O–H groups in total. The van der Waals surface area contributed by atoms with Crippen molar-refractivity contribution in [1.82, 2.24) is 10.2 Å². The number of benzene rings is 1. The topological polar surface area (TPSA) is 15.3 Å². The van der Waals surface area contributed by atoms with Gasteiger partial charge in [0.15, 0.2) is 11.6 Å². The summed E-state index contributed by atoms with van der Waals surface area (Å²) < 4.78 is 40.8. The SMILES string of the molecule is CC[C@@H](c1c(F)ccc(F)c1F)N1CCNCC1. The Hall–Kier alpha value is -1.07. The first-order valence-electron chi connectivity index (χ1n) is 6.23. The second-order valence-corrected chi connectivity index (χ2v) is 4.47. The number of rotatable bonds is 3. The first-order valence-corrected chi connectivity index (χ1v) is 6.23. The summed E-state index contributed by atoms with van der Waals surface area (Å²) in [4.78, 5) is 2.00. The Labute approximate surface area is 105 Å². The Morgan fingerprint density at radius 1 is 1.17 bits per heavy atom. The number of hydrogen-bond acceptors (Lipinski definition) is 2. The molecule has 1 atom stereocenters. The summed E-state index contributed by atoms with van der Waals surface area (Å²) in [5, 5.41) is 3.18. The fraction of sp³-hybridized carbons (Fsp3) is 0.538. The van der Waals surface area contributed by atoms with Crippen LogP contribution in [0.15, 0.2) is 12.1 Å². The summed E-state index contributed by atoms with van der Waals surface area (Å²) in [5.41, 5.74) is -0.139. The van der Waals surface area contributed by atoms with Gasteiger partial charge in [0.1, 0.15) is 5.82 Å². The Morgan fingerprint density at radius 2 is 1.78 bits per heavy atom. The molecule has 0 radical (unpaired) electrons. The van der Waals surface area contributed by atoms with Gasteiger partial charge >= 0.3 is 0 Å². The summed E-state index contributed by atoms with van der Waals surface area (Å²) in [6, 6.07) is 1.43. The van der Waals surface area contributed by atoms with Gasteiger partial charge in [0.25, 0.3) is 0 Å². The minimum Gasteiger partial charge on any atom is -0.314 e. The van der Waals surface area contributed by atoms with Crippen molar-refractivity contribution in [1.29, 1.82) is 0 Å². The van der Waals surface area contributed by atoms with Crippen LogP contribution >= 0.6 is 0 Å². The van der Waals surface area contributed by atoms with E-state index in [1.165, 1.54) is 0 Å². The van der Waals surface area contributed by atoms with Crippen LogP contribution in [0.25, 0.3) is 0 Å². The molecule has 1 fully saturated rings. The largest absolute Gasteiger partial charge is 0.314 e. The van der Waals surface area contributed by atoms with Crippen LogP contribution < -0.4 is 5.32 Å². The Balaban J connectivity index is 2.34. The highest BCUT2D eigenvalue weighted by molar-refractivity contribution is 5.24. The maximum absolute atomic E-state index is 13.8. The zero-order valence-electron chi connectivity index (χ0n) is 10.3. The Morgan fingerprint density at radius 3 is 2.39 bits per heavy atom. The van der Waals surface area contributed by atoms with Crippen molar-refractivity contribution in [3.05, 3.63) is 35.1 Å². The average Bonchev–Trinajstić information content (AvgIpc) is 2.40. The molecule has 100 valence electrons. The average molecular weight is 258 g/mol. The molecule has 1 aromatic carbocycles. The lowest BCUT2D eigenvalue weighted by Gasteiger charge is -2.35. The fourth-order valence-electron chi connectivity index (χ4n) is 2.49. The van der Waals surface area contributed by atoms with Gasteiger partial charge in [-0.2, -0.15) is 0 Å². The van der Waals surface area contributed by atoms with Gasteiger partial charge in [-0.15, -0.1) is 0 Å². The molecule has 0 amide bonds.